The summed E-state index contributed by atoms with van der Waals surface area (Å²) in [5, 5.41) is 3.83. The van der Waals surface area contributed by atoms with Crippen molar-refractivity contribution < 1.29 is 4.39 Å². The lowest BCUT2D eigenvalue weighted by atomic mass is 10.3. The van der Waals surface area contributed by atoms with Gasteiger partial charge in [0.1, 0.15) is 12.0 Å². The molecule has 2 nitrogen and oxygen atoms in total. The van der Waals surface area contributed by atoms with Crippen LogP contribution >= 0.6 is 0 Å². The molecule has 1 aliphatic heterocycles. The molecule has 0 amide bonds. The van der Waals surface area contributed by atoms with Crippen LogP contribution in [0.2, 0.25) is 0 Å². The summed E-state index contributed by atoms with van der Waals surface area (Å²) in [5.74, 6) is -0.310. The van der Waals surface area contributed by atoms with Crippen molar-refractivity contribution in [1.82, 2.24) is 5.32 Å². The third kappa shape index (κ3) is 0.603. The van der Waals surface area contributed by atoms with Gasteiger partial charge in [-0.1, -0.05) is 6.07 Å². The normalized spacial score (nSPS) is 12.9. The van der Waals surface area contributed by atoms with Crippen molar-refractivity contribution in [2.75, 3.05) is 0 Å². The van der Waals surface area contributed by atoms with Crippen LogP contribution in [-0.4, -0.2) is 6.34 Å². The van der Waals surface area contributed by atoms with E-state index in [4.69, 9.17) is 0 Å². The van der Waals surface area contributed by atoms with Crippen LogP contribution in [0.3, 0.4) is 0 Å². The average molecular weight is 135 g/mol. The van der Waals surface area contributed by atoms with Gasteiger partial charge in [0.25, 0.3) is 0 Å². The van der Waals surface area contributed by atoms with Gasteiger partial charge in [-0.25, -0.2) is 14.7 Å². The van der Waals surface area contributed by atoms with Crippen molar-refractivity contribution in [1.29, 1.82) is 0 Å². The van der Waals surface area contributed by atoms with E-state index in [1.54, 1.807) is 12.1 Å². The van der Waals surface area contributed by atoms with Crippen molar-refractivity contribution in [2.24, 2.45) is 4.99 Å². The van der Waals surface area contributed by atoms with E-state index < -0.39 is 0 Å². The van der Waals surface area contributed by atoms with Crippen LogP contribution in [0, 0.1) is 5.82 Å². The van der Waals surface area contributed by atoms with E-state index in [1.807, 2.05) is 0 Å². The molecule has 0 aromatic heterocycles. The largest absolute Gasteiger partial charge is 0.235 e. The quantitative estimate of drug-likeness (QED) is 0.518. The summed E-state index contributed by atoms with van der Waals surface area (Å²) >= 11 is 0. The lowest BCUT2D eigenvalue weighted by molar-refractivity contribution is 0.631. The van der Waals surface area contributed by atoms with Gasteiger partial charge in [-0.2, -0.15) is 0 Å². The highest BCUT2D eigenvalue weighted by molar-refractivity contribution is 5.81. The van der Waals surface area contributed by atoms with Gasteiger partial charge >= 0.3 is 0 Å². The van der Waals surface area contributed by atoms with E-state index in [2.05, 4.69) is 10.3 Å². The minimum absolute atomic E-state index is 0.310. The third-order valence-electron chi connectivity index (χ3n) is 1.35. The highest BCUT2D eigenvalue weighted by atomic mass is 19.1. The molecule has 0 spiro atoms. The standard InChI is InChI=1S/C7H4FN2/c8-5-2-1-3-6-7(5)10-4-9-6/h1-4H. The molecule has 0 bridgehead atoms. The maximum atomic E-state index is 12.7. The van der Waals surface area contributed by atoms with Crippen LogP contribution in [-0.2, 0) is 0 Å². The molecule has 0 aliphatic carbocycles. The molecule has 0 fully saturated rings. The van der Waals surface area contributed by atoms with E-state index >= 15 is 0 Å². The molecule has 1 aromatic rings. The Labute approximate surface area is 57.4 Å². The molecule has 49 valence electrons. The zero-order valence-electron chi connectivity index (χ0n) is 5.08. The minimum Gasteiger partial charge on any atom is -0.235 e. The van der Waals surface area contributed by atoms with Gasteiger partial charge in [0, 0.05) is 0 Å². The molecule has 2 rings (SSSR count). The first-order valence-corrected chi connectivity index (χ1v) is 2.90. The molecular formula is C7H4FN2. The van der Waals surface area contributed by atoms with E-state index in [0.29, 0.717) is 11.4 Å². The molecule has 0 saturated carbocycles. The molecule has 0 unspecified atom stereocenters. The van der Waals surface area contributed by atoms with E-state index in [9.17, 15) is 4.39 Å². The van der Waals surface area contributed by atoms with Gasteiger partial charge in [0.15, 0.2) is 5.82 Å². The summed E-state index contributed by atoms with van der Waals surface area (Å²) in [4.78, 5) is 3.73. The van der Waals surface area contributed by atoms with Crippen molar-refractivity contribution in [2.45, 2.75) is 0 Å². The van der Waals surface area contributed by atoms with E-state index in [-0.39, 0.29) is 5.82 Å². The lowest BCUT2D eigenvalue weighted by Gasteiger charge is -1.93. The van der Waals surface area contributed by atoms with Crippen molar-refractivity contribution in [3.63, 3.8) is 0 Å². The lowest BCUT2D eigenvalue weighted by Crippen LogP contribution is -1.84. The summed E-state index contributed by atoms with van der Waals surface area (Å²) in [6.07, 6.45) is 1.35. The summed E-state index contributed by atoms with van der Waals surface area (Å²) in [6, 6.07) is 4.72. The number of benzene rings is 1. The number of fused-ring (bicyclic) bond motifs is 1. The zero-order chi connectivity index (χ0) is 6.97. The first-order chi connectivity index (χ1) is 4.88. The Balaban J connectivity index is 2.67. The number of aliphatic imine (C=N–C) groups is 1. The van der Waals surface area contributed by atoms with Gasteiger partial charge in [0.05, 0.1) is 5.69 Å². The highest BCUT2D eigenvalue weighted by Gasteiger charge is 2.10. The number of nitrogens with zero attached hydrogens (tertiary/aromatic N) is 2. The molecule has 10 heavy (non-hydrogen) atoms. The van der Waals surface area contributed by atoms with Crippen LogP contribution in [0.15, 0.2) is 23.2 Å². The van der Waals surface area contributed by atoms with Crippen molar-refractivity contribution >= 4 is 17.7 Å². The van der Waals surface area contributed by atoms with Crippen molar-refractivity contribution in [3.05, 3.63) is 24.0 Å². The Morgan fingerprint density at radius 2 is 2.20 bits per heavy atom. The average Bonchev–Trinajstić information content (AvgIpc) is 2.36. The molecular weight excluding hydrogens is 131 g/mol. The molecule has 0 saturated heterocycles. The number of halogens is 1. The minimum atomic E-state index is -0.310. The molecule has 1 heterocycles. The highest BCUT2D eigenvalue weighted by Crippen LogP contribution is 2.30. The fourth-order valence-electron chi connectivity index (χ4n) is 0.885. The zero-order valence-corrected chi connectivity index (χ0v) is 5.08. The predicted molar refractivity (Wildman–Crippen MR) is 36.3 cm³/mol. The maximum Gasteiger partial charge on any atom is 0.151 e. The Bertz CT molecular complexity index is 294. The monoisotopic (exact) mass is 135 g/mol. The van der Waals surface area contributed by atoms with Gasteiger partial charge in [-0.15, -0.1) is 0 Å². The summed E-state index contributed by atoms with van der Waals surface area (Å²) in [7, 11) is 0. The fourth-order valence-corrected chi connectivity index (χ4v) is 0.885. The first kappa shape index (κ1) is 5.41. The Morgan fingerprint density at radius 3 is 3.00 bits per heavy atom. The van der Waals surface area contributed by atoms with Gasteiger partial charge in [0.2, 0.25) is 0 Å². The van der Waals surface area contributed by atoms with Crippen molar-refractivity contribution in [3.8, 4) is 0 Å². The molecule has 0 N–H and O–H groups in total. The van der Waals surface area contributed by atoms with Gasteiger partial charge in [-0.3, -0.25) is 0 Å². The Kier molecular flexibility index (Phi) is 0.974. The van der Waals surface area contributed by atoms with Crippen LogP contribution in [0.4, 0.5) is 15.8 Å². The third-order valence-corrected chi connectivity index (χ3v) is 1.35. The SMILES string of the molecule is Fc1cccc2c1N=C[N]2. The number of hydrogen-bond acceptors (Lipinski definition) is 1. The number of hydrogen-bond donors (Lipinski definition) is 0. The van der Waals surface area contributed by atoms with Crippen LogP contribution in [0.5, 0.6) is 0 Å². The molecule has 0 atom stereocenters. The number of rotatable bonds is 0. The first-order valence-electron chi connectivity index (χ1n) is 2.90. The fraction of sp³-hybridized carbons (Fsp3) is 0. The second-order valence-electron chi connectivity index (χ2n) is 1.98. The van der Waals surface area contributed by atoms with Crippen LogP contribution < -0.4 is 5.32 Å². The van der Waals surface area contributed by atoms with E-state index in [1.165, 1.54) is 12.4 Å². The topological polar surface area (TPSA) is 26.5 Å². The molecule has 3 heteroatoms. The summed E-state index contributed by atoms with van der Waals surface area (Å²) < 4.78 is 12.7. The van der Waals surface area contributed by atoms with E-state index in [0.717, 1.165) is 0 Å². The Morgan fingerprint density at radius 1 is 1.30 bits per heavy atom. The molecule has 1 aromatic carbocycles. The molecule has 1 radical (unpaired) electrons. The summed E-state index contributed by atoms with van der Waals surface area (Å²) in [5.41, 5.74) is 0.961. The van der Waals surface area contributed by atoms with Gasteiger partial charge in [-0.05, 0) is 12.1 Å². The molecule has 1 aliphatic rings. The van der Waals surface area contributed by atoms with Crippen LogP contribution in [0.25, 0.3) is 0 Å². The second-order valence-corrected chi connectivity index (χ2v) is 1.98. The number of para-hydroxylation sites is 1. The second kappa shape index (κ2) is 1.80. The van der Waals surface area contributed by atoms with Crippen LogP contribution in [0.1, 0.15) is 0 Å². The smallest absolute Gasteiger partial charge is 0.151 e. The maximum absolute atomic E-state index is 12.7. The Hall–Kier alpha value is -1.38. The van der Waals surface area contributed by atoms with Gasteiger partial charge < -0.3 is 0 Å². The predicted octanol–water partition coefficient (Wildman–Crippen LogP) is 1.73. The summed E-state index contributed by atoms with van der Waals surface area (Å²) in [6.45, 7) is 0.